The average Bonchev–Trinajstić information content (AvgIpc) is 2.34. The molecule has 0 aliphatic carbocycles. The Kier molecular flexibility index (Phi) is 6.27. The second-order valence-corrected chi connectivity index (χ2v) is 5.73. The highest BCUT2D eigenvalue weighted by atomic mass is 32.2. The number of rotatable bonds is 7. The second kappa shape index (κ2) is 7.49. The molecule has 0 N–H and O–H groups in total. The van der Waals surface area contributed by atoms with Crippen molar-refractivity contribution in [3.8, 4) is 5.75 Å². The molecule has 0 amide bonds. The van der Waals surface area contributed by atoms with Gasteiger partial charge in [0, 0.05) is 22.8 Å². The van der Waals surface area contributed by atoms with Crippen molar-refractivity contribution in [2.24, 2.45) is 0 Å². The topological polar surface area (TPSA) is 26.3 Å². The molecule has 0 aromatic heterocycles. The Morgan fingerprint density at radius 1 is 1.12 bits per heavy atom. The zero-order valence-corrected chi connectivity index (χ0v) is 11.8. The standard InChI is InChI=1S/C14H22O2S/c1-4-12-9-13(5-2)11-14(10-12)16-7-6-8-17(3)15/h9-11H,4-8H2,1-3H3. The first kappa shape index (κ1) is 14.2. The Labute approximate surface area is 107 Å². The highest BCUT2D eigenvalue weighted by Crippen LogP contribution is 2.18. The highest BCUT2D eigenvalue weighted by Gasteiger charge is 2.00. The summed E-state index contributed by atoms with van der Waals surface area (Å²) in [6.07, 6.45) is 4.64. The lowest BCUT2D eigenvalue weighted by molar-refractivity contribution is 0.317. The van der Waals surface area contributed by atoms with E-state index in [4.69, 9.17) is 4.74 Å². The summed E-state index contributed by atoms with van der Waals surface area (Å²) in [4.78, 5) is 0. The summed E-state index contributed by atoms with van der Waals surface area (Å²) in [5, 5.41) is 0. The van der Waals surface area contributed by atoms with Crippen LogP contribution in [0.4, 0.5) is 0 Å². The van der Waals surface area contributed by atoms with Crippen LogP contribution in [0.3, 0.4) is 0 Å². The minimum atomic E-state index is -0.715. The SMILES string of the molecule is CCc1cc(CC)cc(OCCCS(C)=O)c1. The summed E-state index contributed by atoms with van der Waals surface area (Å²) in [5.74, 6) is 1.66. The van der Waals surface area contributed by atoms with E-state index >= 15 is 0 Å². The third-order valence-corrected chi connectivity index (χ3v) is 3.55. The zero-order valence-electron chi connectivity index (χ0n) is 11.0. The van der Waals surface area contributed by atoms with E-state index < -0.39 is 10.8 Å². The first-order chi connectivity index (χ1) is 8.15. The third kappa shape index (κ3) is 5.35. The van der Waals surface area contributed by atoms with Crippen LogP contribution >= 0.6 is 0 Å². The molecular formula is C14H22O2S. The Balaban J connectivity index is 2.54. The van der Waals surface area contributed by atoms with E-state index in [1.54, 1.807) is 6.26 Å². The maximum absolute atomic E-state index is 10.9. The van der Waals surface area contributed by atoms with Gasteiger partial charge in [-0.3, -0.25) is 4.21 Å². The predicted molar refractivity (Wildman–Crippen MR) is 74.2 cm³/mol. The van der Waals surface area contributed by atoms with Gasteiger partial charge >= 0.3 is 0 Å². The molecule has 0 fully saturated rings. The molecular weight excluding hydrogens is 232 g/mol. The normalized spacial score (nSPS) is 12.4. The zero-order chi connectivity index (χ0) is 12.7. The molecule has 0 heterocycles. The summed E-state index contributed by atoms with van der Waals surface area (Å²) in [6, 6.07) is 6.43. The van der Waals surface area contributed by atoms with E-state index in [-0.39, 0.29) is 0 Å². The van der Waals surface area contributed by atoms with Gasteiger partial charge < -0.3 is 4.74 Å². The van der Waals surface area contributed by atoms with Crippen molar-refractivity contribution < 1.29 is 8.95 Å². The lowest BCUT2D eigenvalue weighted by atomic mass is 10.1. The van der Waals surface area contributed by atoms with E-state index in [0.717, 1.165) is 25.0 Å². The second-order valence-electron chi connectivity index (χ2n) is 4.17. The quantitative estimate of drug-likeness (QED) is 0.699. The van der Waals surface area contributed by atoms with Crippen molar-refractivity contribution in [3.05, 3.63) is 29.3 Å². The maximum atomic E-state index is 10.9. The van der Waals surface area contributed by atoms with Crippen LogP contribution < -0.4 is 4.74 Å². The molecule has 0 bridgehead atoms. The molecule has 17 heavy (non-hydrogen) atoms. The van der Waals surface area contributed by atoms with Gasteiger partial charge in [0.1, 0.15) is 5.75 Å². The van der Waals surface area contributed by atoms with Crippen molar-refractivity contribution in [1.29, 1.82) is 0 Å². The third-order valence-electron chi connectivity index (χ3n) is 2.69. The van der Waals surface area contributed by atoms with Gasteiger partial charge in [-0.25, -0.2) is 0 Å². The molecule has 1 unspecified atom stereocenters. The monoisotopic (exact) mass is 254 g/mol. The number of hydrogen-bond donors (Lipinski definition) is 0. The molecule has 0 spiro atoms. The van der Waals surface area contributed by atoms with Crippen LogP contribution in [0, 0.1) is 0 Å². The van der Waals surface area contributed by atoms with E-state index in [0.29, 0.717) is 12.4 Å². The van der Waals surface area contributed by atoms with Gasteiger partial charge in [0.25, 0.3) is 0 Å². The molecule has 3 heteroatoms. The van der Waals surface area contributed by atoms with Gasteiger partial charge in [-0.15, -0.1) is 0 Å². The summed E-state index contributed by atoms with van der Waals surface area (Å²) < 4.78 is 16.6. The molecule has 0 radical (unpaired) electrons. The highest BCUT2D eigenvalue weighted by molar-refractivity contribution is 7.84. The van der Waals surface area contributed by atoms with E-state index in [9.17, 15) is 4.21 Å². The van der Waals surface area contributed by atoms with Crippen molar-refractivity contribution >= 4 is 10.8 Å². The lowest BCUT2D eigenvalue weighted by Gasteiger charge is -2.09. The molecule has 1 aromatic carbocycles. The van der Waals surface area contributed by atoms with Crippen molar-refractivity contribution in [3.63, 3.8) is 0 Å². The van der Waals surface area contributed by atoms with Gasteiger partial charge in [-0.2, -0.15) is 0 Å². The minimum Gasteiger partial charge on any atom is -0.494 e. The smallest absolute Gasteiger partial charge is 0.119 e. The number of benzene rings is 1. The van der Waals surface area contributed by atoms with Crippen molar-refractivity contribution in [2.75, 3.05) is 18.6 Å². The summed E-state index contributed by atoms with van der Waals surface area (Å²) in [6.45, 7) is 4.95. The Bertz CT molecular complexity index is 352. The van der Waals surface area contributed by atoms with Crippen LogP contribution in [0.5, 0.6) is 5.75 Å². The van der Waals surface area contributed by atoms with Gasteiger partial charge in [0.2, 0.25) is 0 Å². The number of ether oxygens (including phenoxy) is 1. The molecule has 1 atom stereocenters. The predicted octanol–water partition coefficient (Wildman–Crippen LogP) is 2.96. The van der Waals surface area contributed by atoms with E-state index in [1.807, 2.05) is 0 Å². The fourth-order valence-corrected chi connectivity index (χ4v) is 2.20. The number of aryl methyl sites for hydroxylation is 2. The molecule has 0 aliphatic rings. The van der Waals surface area contributed by atoms with Crippen LogP contribution in [0.2, 0.25) is 0 Å². The summed E-state index contributed by atoms with van der Waals surface area (Å²) >= 11 is 0. The number of hydrogen-bond acceptors (Lipinski definition) is 2. The first-order valence-electron chi connectivity index (χ1n) is 6.21. The van der Waals surface area contributed by atoms with Crippen molar-refractivity contribution in [1.82, 2.24) is 0 Å². The molecule has 1 aromatic rings. The fourth-order valence-electron chi connectivity index (χ4n) is 1.67. The Hall–Kier alpha value is -0.830. The van der Waals surface area contributed by atoms with Crippen LogP contribution in [-0.4, -0.2) is 22.8 Å². The lowest BCUT2D eigenvalue weighted by Crippen LogP contribution is -2.04. The molecule has 0 saturated carbocycles. The summed E-state index contributed by atoms with van der Waals surface area (Å²) in [5.41, 5.74) is 2.64. The molecule has 0 aliphatic heterocycles. The molecule has 0 saturated heterocycles. The molecule has 96 valence electrons. The van der Waals surface area contributed by atoms with Crippen LogP contribution in [0.1, 0.15) is 31.4 Å². The van der Waals surface area contributed by atoms with Crippen LogP contribution in [-0.2, 0) is 23.6 Å². The van der Waals surface area contributed by atoms with Crippen molar-refractivity contribution in [2.45, 2.75) is 33.1 Å². The van der Waals surface area contributed by atoms with Gasteiger partial charge in [-0.1, -0.05) is 19.9 Å². The van der Waals surface area contributed by atoms with Crippen LogP contribution in [0.15, 0.2) is 18.2 Å². The van der Waals surface area contributed by atoms with Crippen LogP contribution in [0.25, 0.3) is 0 Å². The average molecular weight is 254 g/mol. The molecule has 1 rings (SSSR count). The summed E-state index contributed by atoms with van der Waals surface area (Å²) in [7, 11) is -0.715. The van der Waals surface area contributed by atoms with Gasteiger partial charge in [0.15, 0.2) is 0 Å². The van der Waals surface area contributed by atoms with Gasteiger partial charge in [0.05, 0.1) is 6.61 Å². The maximum Gasteiger partial charge on any atom is 0.119 e. The Morgan fingerprint density at radius 2 is 1.71 bits per heavy atom. The molecule has 2 nitrogen and oxygen atoms in total. The minimum absolute atomic E-state index is 0.649. The largest absolute Gasteiger partial charge is 0.494 e. The van der Waals surface area contributed by atoms with E-state index in [1.165, 1.54) is 11.1 Å². The van der Waals surface area contributed by atoms with E-state index in [2.05, 4.69) is 32.0 Å². The Morgan fingerprint density at radius 3 is 2.18 bits per heavy atom. The fraction of sp³-hybridized carbons (Fsp3) is 0.571. The van der Waals surface area contributed by atoms with Gasteiger partial charge in [-0.05, 0) is 42.5 Å². The first-order valence-corrected chi connectivity index (χ1v) is 7.94.